The maximum Gasteiger partial charge on any atom is 0.336 e. The molecule has 0 radical (unpaired) electrons. The van der Waals surface area contributed by atoms with Crippen LogP contribution in [-0.4, -0.2) is 59.3 Å². The highest BCUT2D eigenvalue weighted by Gasteiger charge is 2.29. The highest BCUT2D eigenvalue weighted by Crippen LogP contribution is 2.14. The molecule has 0 amide bonds. The van der Waals surface area contributed by atoms with E-state index in [0.717, 1.165) is 13.7 Å². The number of rotatable bonds is 14. The lowest BCUT2D eigenvalue weighted by molar-refractivity contribution is 0.247. The summed E-state index contributed by atoms with van der Waals surface area (Å²) in [6, 6.07) is 1.22. The molecule has 10 nitrogen and oxygen atoms in total. The van der Waals surface area contributed by atoms with Gasteiger partial charge in [0.1, 0.15) is 0 Å². The zero-order chi connectivity index (χ0) is 22.9. The molecule has 0 aliphatic heterocycles. The maximum absolute atomic E-state index is 12.9. The number of hydrogen-bond donors (Lipinski definition) is 0. The van der Waals surface area contributed by atoms with Crippen LogP contribution in [0.5, 0.6) is 0 Å². The molecule has 12 heteroatoms. The molecule has 0 aliphatic rings. The Bertz CT molecular complexity index is 808. The van der Waals surface area contributed by atoms with E-state index >= 15 is 0 Å². The summed E-state index contributed by atoms with van der Waals surface area (Å²) in [7, 11) is 1.73. The van der Waals surface area contributed by atoms with E-state index in [4.69, 9.17) is 17.7 Å². The van der Waals surface area contributed by atoms with Crippen molar-refractivity contribution in [3.63, 3.8) is 0 Å². The molecule has 0 atom stereocenters. The first kappa shape index (κ1) is 26.5. The maximum atomic E-state index is 12.9. The summed E-state index contributed by atoms with van der Waals surface area (Å²) < 4.78 is 25.1. The van der Waals surface area contributed by atoms with Crippen LogP contribution in [0.1, 0.15) is 12.8 Å². The third kappa shape index (κ3) is 6.46. The van der Waals surface area contributed by atoms with E-state index in [1.54, 1.807) is 28.4 Å². The molecule has 0 N–H and O–H groups in total. The van der Waals surface area contributed by atoms with Gasteiger partial charge in [-0.05, 0) is 38.0 Å². The van der Waals surface area contributed by atoms with E-state index < -0.39 is 34.2 Å². The van der Waals surface area contributed by atoms with Gasteiger partial charge in [0.2, 0.25) is 0 Å². The molecule has 0 spiro atoms. The Morgan fingerprint density at radius 1 is 0.733 bits per heavy atom. The molecule has 0 saturated carbocycles. The molecular weight excluding hydrogens is 426 g/mol. The molecule has 0 bridgehead atoms. The topological polar surface area (TPSA) is 103 Å². The predicted molar refractivity (Wildman–Crippen MR) is 120 cm³/mol. The van der Waals surface area contributed by atoms with Crippen LogP contribution in [0.2, 0.25) is 25.2 Å². The lowest BCUT2D eigenvalue weighted by Crippen LogP contribution is -2.54. The van der Waals surface area contributed by atoms with Crippen LogP contribution in [0.25, 0.3) is 0 Å². The standard InChI is InChI=1S/C18H35N3O7Si2/c1-8-11-19-16(22)20(12-9-14-29(6,25-2)26-3)18(24)21(17(19)23)13-10-15-30(7,27-4)28-5/h8H,1,9-15H2,2-7H3. The summed E-state index contributed by atoms with van der Waals surface area (Å²) in [5, 5.41) is 0. The molecule has 1 heterocycles. The minimum atomic E-state index is -2.32. The van der Waals surface area contributed by atoms with Crippen LogP contribution < -0.4 is 17.1 Å². The first-order chi connectivity index (χ1) is 14.1. The van der Waals surface area contributed by atoms with Gasteiger partial charge >= 0.3 is 34.2 Å². The SMILES string of the molecule is C=CCn1c(=O)n(CCC[Si](C)(OC)OC)c(=O)n(CCC[Si](C)(OC)OC)c1=O. The highest BCUT2D eigenvalue weighted by molar-refractivity contribution is 6.66. The Balaban J connectivity index is 3.20. The van der Waals surface area contributed by atoms with Crippen LogP contribution >= 0.6 is 0 Å². The smallest absolute Gasteiger partial charge is 0.336 e. The van der Waals surface area contributed by atoms with Gasteiger partial charge in [-0.3, -0.25) is 0 Å². The van der Waals surface area contributed by atoms with Crippen molar-refractivity contribution >= 4 is 17.1 Å². The molecular formula is C18H35N3O7Si2. The second kappa shape index (κ2) is 11.7. The van der Waals surface area contributed by atoms with E-state index in [1.807, 2.05) is 13.1 Å². The van der Waals surface area contributed by atoms with Crippen LogP contribution in [0, 0.1) is 0 Å². The average molecular weight is 462 g/mol. The molecule has 0 aromatic carbocycles. The van der Waals surface area contributed by atoms with Crippen molar-refractivity contribution in [2.45, 2.75) is 57.7 Å². The molecule has 0 saturated heterocycles. The third-order valence-corrected chi connectivity index (χ3v) is 11.4. The molecule has 1 aromatic heterocycles. The van der Waals surface area contributed by atoms with Crippen LogP contribution in [0.4, 0.5) is 0 Å². The fourth-order valence-corrected chi connectivity index (χ4v) is 5.79. The molecule has 172 valence electrons. The number of allylic oxidation sites excluding steroid dienone is 1. The van der Waals surface area contributed by atoms with Crippen LogP contribution in [0.15, 0.2) is 27.0 Å². The monoisotopic (exact) mass is 461 g/mol. The minimum Gasteiger partial charge on any atom is -0.398 e. The van der Waals surface area contributed by atoms with Crippen molar-refractivity contribution in [3.05, 3.63) is 44.1 Å². The largest absolute Gasteiger partial charge is 0.398 e. The fraction of sp³-hybridized carbons (Fsp3) is 0.722. The number of nitrogens with zero attached hydrogens (tertiary/aromatic N) is 3. The first-order valence-electron chi connectivity index (χ1n) is 9.88. The van der Waals surface area contributed by atoms with Gasteiger partial charge in [-0.2, -0.15) is 0 Å². The molecule has 0 fully saturated rings. The van der Waals surface area contributed by atoms with Gasteiger partial charge in [-0.15, -0.1) is 6.58 Å². The van der Waals surface area contributed by atoms with Gasteiger partial charge < -0.3 is 17.7 Å². The van der Waals surface area contributed by atoms with Gasteiger partial charge in [0, 0.05) is 41.5 Å². The quantitative estimate of drug-likeness (QED) is 0.299. The van der Waals surface area contributed by atoms with E-state index in [0.29, 0.717) is 24.9 Å². The van der Waals surface area contributed by atoms with E-state index in [9.17, 15) is 14.4 Å². The molecule has 0 unspecified atom stereocenters. The minimum absolute atomic E-state index is 0.0309. The lowest BCUT2D eigenvalue weighted by atomic mass is 10.4. The van der Waals surface area contributed by atoms with Crippen molar-refractivity contribution in [3.8, 4) is 0 Å². The highest BCUT2D eigenvalue weighted by atomic mass is 28.4. The summed E-state index contributed by atoms with van der Waals surface area (Å²) in [5.41, 5.74) is -1.87. The van der Waals surface area contributed by atoms with Gasteiger partial charge in [0.05, 0.1) is 6.54 Å². The summed E-state index contributed by atoms with van der Waals surface area (Å²) in [6.45, 7) is 7.81. The third-order valence-electron chi connectivity index (χ3n) is 5.45. The van der Waals surface area contributed by atoms with Crippen LogP contribution in [-0.2, 0) is 37.3 Å². The lowest BCUT2D eigenvalue weighted by Gasteiger charge is -2.23. The fourth-order valence-electron chi connectivity index (χ4n) is 3.04. The Morgan fingerprint density at radius 2 is 1.07 bits per heavy atom. The Morgan fingerprint density at radius 3 is 1.37 bits per heavy atom. The van der Waals surface area contributed by atoms with E-state index in [1.165, 1.54) is 6.08 Å². The Kier molecular flexibility index (Phi) is 10.3. The van der Waals surface area contributed by atoms with Crippen molar-refractivity contribution in [1.29, 1.82) is 0 Å². The van der Waals surface area contributed by atoms with Crippen molar-refractivity contribution < 1.29 is 17.7 Å². The van der Waals surface area contributed by atoms with Crippen LogP contribution in [0.3, 0.4) is 0 Å². The van der Waals surface area contributed by atoms with Gasteiger partial charge in [0.25, 0.3) is 0 Å². The van der Waals surface area contributed by atoms with E-state index in [-0.39, 0.29) is 19.6 Å². The molecule has 30 heavy (non-hydrogen) atoms. The summed E-state index contributed by atoms with van der Waals surface area (Å²) in [4.78, 5) is 38.4. The summed E-state index contributed by atoms with van der Waals surface area (Å²) >= 11 is 0. The molecule has 1 aromatic rings. The van der Waals surface area contributed by atoms with Gasteiger partial charge in [-0.25, -0.2) is 28.1 Å². The van der Waals surface area contributed by atoms with Gasteiger partial charge in [0.15, 0.2) is 0 Å². The predicted octanol–water partition coefficient (Wildman–Crippen LogP) is 0.868. The van der Waals surface area contributed by atoms with Crippen molar-refractivity contribution in [2.24, 2.45) is 0 Å². The second-order valence-electron chi connectivity index (χ2n) is 7.34. The Hall–Kier alpha value is -1.58. The normalized spacial score (nSPS) is 12.3. The zero-order valence-corrected chi connectivity index (χ0v) is 20.9. The zero-order valence-electron chi connectivity index (χ0n) is 18.9. The van der Waals surface area contributed by atoms with Crippen molar-refractivity contribution in [2.75, 3.05) is 28.4 Å². The first-order valence-corrected chi connectivity index (χ1v) is 14.9. The summed E-state index contributed by atoms with van der Waals surface area (Å²) in [6.07, 6.45) is 2.50. The molecule has 0 aliphatic carbocycles. The number of hydrogen-bond acceptors (Lipinski definition) is 7. The van der Waals surface area contributed by atoms with Gasteiger partial charge in [-0.1, -0.05) is 6.08 Å². The second-order valence-corrected chi connectivity index (χ2v) is 14.5. The number of aromatic nitrogens is 3. The summed E-state index contributed by atoms with van der Waals surface area (Å²) in [5.74, 6) is 0. The van der Waals surface area contributed by atoms with E-state index in [2.05, 4.69) is 6.58 Å². The Labute approximate surface area is 179 Å². The molecule has 1 rings (SSSR count). The average Bonchev–Trinajstić information content (AvgIpc) is 2.75. The van der Waals surface area contributed by atoms with Crippen molar-refractivity contribution in [1.82, 2.24) is 13.7 Å².